The number of nitrogens with one attached hydrogen (secondary N) is 2. The molecule has 8 heteroatoms. The van der Waals surface area contributed by atoms with Crippen LogP contribution in [0.5, 0.6) is 5.75 Å². The Morgan fingerprint density at radius 1 is 1.06 bits per heavy atom. The molecule has 0 aliphatic carbocycles. The average Bonchev–Trinajstić information content (AvgIpc) is 3.08. The standard InChI is InChI=1S/C26H22BrN3O4/c1-17-7-10-20(11-8-17)28-24(31)16-34-23-12-9-19(13-21(23)27)14-22-25(32)30(26(33)29-22)15-18-5-3-2-4-6-18/h2-14H,15-16H2,1H3,(H,28,31)(H,29,33)/b22-14+. The molecule has 0 aromatic heterocycles. The Labute approximate surface area is 205 Å². The maximum absolute atomic E-state index is 12.7. The summed E-state index contributed by atoms with van der Waals surface area (Å²) in [5, 5.41) is 5.40. The number of ether oxygens (including phenoxy) is 1. The Balaban J connectivity index is 1.37. The summed E-state index contributed by atoms with van der Waals surface area (Å²) in [4.78, 5) is 38.3. The third kappa shape index (κ3) is 5.71. The van der Waals surface area contributed by atoms with Gasteiger partial charge in [-0.25, -0.2) is 4.79 Å². The molecule has 4 rings (SSSR count). The summed E-state index contributed by atoms with van der Waals surface area (Å²) < 4.78 is 6.23. The van der Waals surface area contributed by atoms with Gasteiger partial charge < -0.3 is 15.4 Å². The molecule has 1 saturated heterocycles. The van der Waals surface area contributed by atoms with Crippen molar-refractivity contribution in [1.82, 2.24) is 10.2 Å². The molecule has 0 radical (unpaired) electrons. The molecule has 0 spiro atoms. The molecule has 0 unspecified atom stereocenters. The number of hydrogen-bond donors (Lipinski definition) is 2. The van der Waals surface area contributed by atoms with Crippen LogP contribution in [0.1, 0.15) is 16.7 Å². The minimum atomic E-state index is -0.460. The quantitative estimate of drug-likeness (QED) is 0.344. The van der Waals surface area contributed by atoms with Crippen molar-refractivity contribution in [1.29, 1.82) is 0 Å². The van der Waals surface area contributed by atoms with E-state index in [-0.39, 0.29) is 24.8 Å². The van der Waals surface area contributed by atoms with E-state index in [1.807, 2.05) is 61.5 Å². The third-order valence-corrected chi connectivity index (χ3v) is 5.73. The number of carbonyl (C=O) groups is 3. The number of carbonyl (C=O) groups excluding carboxylic acids is 3. The van der Waals surface area contributed by atoms with Gasteiger partial charge in [-0.2, -0.15) is 0 Å². The lowest BCUT2D eigenvalue weighted by Crippen LogP contribution is -2.30. The van der Waals surface area contributed by atoms with Crippen molar-refractivity contribution in [2.75, 3.05) is 11.9 Å². The normalized spacial score (nSPS) is 14.3. The van der Waals surface area contributed by atoms with E-state index < -0.39 is 11.9 Å². The third-order valence-electron chi connectivity index (χ3n) is 5.11. The van der Waals surface area contributed by atoms with Crippen molar-refractivity contribution < 1.29 is 19.1 Å². The van der Waals surface area contributed by atoms with Crippen molar-refractivity contribution in [2.24, 2.45) is 0 Å². The zero-order valence-corrected chi connectivity index (χ0v) is 20.0. The largest absolute Gasteiger partial charge is 0.483 e. The van der Waals surface area contributed by atoms with Gasteiger partial charge in [0.2, 0.25) is 0 Å². The van der Waals surface area contributed by atoms with Gasteiger partial charge in [0.05, 0.1) is 11.0 Å². The van der Waals surface area contributed by atoms with Gasteiger partial charge >= 0.3 is 6.03 Å². The zero-order chi connectivity index (χ0) is 24.1. The van der Waals surface area contributed by atoms with Gasteiger partial charge in [0.25, 0.3) is 11.8 Å². The topological polar surface area (TPSA) is 87.7 Å². The highest BCUT2D eigenvalue weighted by Crippen LogP contribution is 2.27. The zero-order valence-electron chi connectivity index (χ0n) is 18.4. The van der Waals surface area contributed by atoms with E-state index >= 15 is 0 Å². The number of hydrogen-bond acceptors (Lipinski definition) is 4. The molecule has 3 aromatic carbocycles. The Morgan fingerprint density at radius 3 is 2.50 bits per heavy atom. The highest BCUT2D eigenvalue weighted by molar-refractivity contribution is 9.10. The van der Waals surface area contributed by atoms with E-state index in [4.69, 9.17) is 4.74 Å². The Bertz CT molecular complexity index is 1260. The summed E-state index contributed by atoms with van der Waals surface area (Å²) in [6.07, 6.45) is 1.60. The van der Waals surface area contributed by atoms with Gasteiger partial charge in [0.15, 0.2) is 6.61 Å². The summed E-state index contributed by atoms with van der Waals surface area (Å²) in [6, 6.07) is 21.5. The number of benzene rings is 3. The molecule has 0 atom stereocenters. The SMILES string of the molecule is Cc1ccc(NC(=O)COc2ccc(/C=C3/NC(=O)N(Cc4ccccc4)C3=O)cc2Br)cc1. The first-order chi connectivity index (χ1) is 16.4. The Kier molecular flexibility index (Phi) is 7.08. The van der Waals surface area contributed by atoms with E-state index in [0.717, 1.165) is 11.1 Å². The molecule has 1 aliphatic rings. The van der Waals surface area contributed by atoms with Crippen molar-refractivity contribution >= 4 is 45.5 Å². The fourth-order valence-corrected chi connectivity index (χ4v) is 3.86. The van der Waals surface area contributed by atoms with E-state index in [1.165, 1.54) is 4.90 Å². The average molecular weight is 520 g/mol. The van der Waals surface area contributed by atoms with Crippen molar-refractivity contribution in [2.45, 2.75) is 13.5 Å². The van der Waals surface area contributed by atoms with Gasteiger partial charge in [0, 0.05) is 5.69 Å². The minimum absolute atomic E-state index is 0.157. The predicted octanol–water partition coefficient (Wildman–Crippen LogP) is 4.87. The fraction of sp³-hybridized carbons (Fsp3) is 0.115. The molecule has 4 amide bonds. The second kappa shape index (κ2) is 10.4. The van der Waals surface area contributed by atoms with Gasteiger partial charge in [-0.15, -0.1) is 0 Å². The second-order valence-corrected chi connectivity index (χ2v) is 8.61. The number of anilines is 1. The molecule has 3 aromatic rings. The van der Waals surface area contributed by atoms with E-state index in [2.05, 4.69) is 26.6 Å². The van der Waals surface area contributed by atoms with Crippen molar-refractivity contribution in [3.8, 4) is 5.75 Å². The predicted molar refractivity (Wildman–Crippen MR) is 133 cm³/mol. The summed E-state index contributed by atoms with van der Waals surface area (Å²) in [6.45, 7) is 2.02. The first-order valence-corrected chi connectivity index (χ1v) is 11.4. The highest BCUT2D eigenvalue weighted by Gasteiger charge is 2.33. The van der Waals surface area contributed by atoms with Crippen LogP contribution in [0.4, 0.5) is 10.5 Å². The van der Waals surface area contributed by atoms with Gasteiger partial charge in [-0.1, -0.05) is 54.1 Å². The van der Waals surface area contributed by atoms with E-state index in [0.29, 0.717) is 21.5 Å². The van der Waals surface area contributed by atoms with Gasteiger partial charge in [-0.3, -0.25) is 14.5 Å². The molecular weight excluding hydrogens is 498 g/mol. The molecule has 172 valence electrons. The lowest BCUT2D eigenvalue weighted by molar-refractivity contribution is -0.123. The van der Waals surface area contributed by atoms with Crippen LogP contribution in [0, 0.1) is 6.92 Å². The van der Waals surface area contributed by atoms with E-state index in [1.54, 1.807) is 24.3 Å². The molecule has 1 fully saturated rings. The Morgan fingerprint density at radius 2 is 1.79 bits per heavy atom. The molecule has 1 aliphatic heterocycles. The molecule has 1 heterocycles. The second-order valence-electron chi connectivity index (χ2n) is 7.76. The number of aryl methyl sites for hydroxylation is 1. The van der Waals surface area contributed by atoms with Crippen LogP contribution in [0.25, 0.3) is 6.08 Å². The summed E-state index contributed by atoms with van der Waals surface area (Å²) in [5.41, 5.74) is 3.55. The van der Waals surface area contributed by atoms with Crippen molar-refractivity contribution in [3.63, 3.8) is 0 Å². The number of nitrogens with zero attached hydrogens (tertiary/aromatic N) is 1. The molecule has 7 nitrogen and oxygen atoms in total. The number of urea groups is 1. The van der Waals surface area contributed by atoms with Crippen LogP contribution in [0.3, 0.4) is 0 Å². The molecular formula is C26H22BrN3O4. The number of rotatable bonds is 7. The Hall–Kier alpha value is -3.91. The maximum Gasteiger partial charge on any atom is 0.329 e. The smallest absolute Gasteiger partial charge is 0.329 e. The van der Waals surface area contributed by atoms with Crippen LogP contribution >= 0.6 is 15.9 Å². The monoisotopic (exact) mass is 519 g/mol. The minimum Gasteiger partial charge on any atom is -0.483 e. The maximum atomic E-state index is 12.7. The van der Waals surface area contributed by atoms with Gasteiger partial charge in [-0.05, 0) is 64.3 Å². The van der Waals surface area contributed by atoms with Crippen LogP contribution < -0.4 is 15.4 Å². The summed E-state index contributed by atoms with van der Waals surface area (Å²) in [7, 11) is 0. The lowest BCUT2D eigenvalue weighted by atomic mass is 10.1. The van der Waals surface area contributed by atoms with Crippen LogP contribution in [0.15, 0.2) is 83.0 Å². The molecule has 34 heavy (non-hydrogen) atoms. The van der Waals surface area contributed by atoms with Crippen LogP contribution in [-0.2, 0) is 16.1 Å². The molecule has 2 N–H and O–H groups in total. The molecule has 0 bridgehead atoms. The van der Waals surface area contributed by atoms with Crippen LogP contribution in [-0.4, -0.2) is 29.4 Å². The first kappa shape index (κ1) is 23.3. The summed E-state index contributed by atoms with van der Waals surface area (Å²) in [5.74, 6) is -0.188. The van der Waals surface area contributed by atoms with Gasteiger partial charge in [0.1, 0.15) is 11.4 Å². The van der Waals surface area contributed by atoms with Crippen LogP contribution in [0.2, 0.25) is 0 Å². The molecule has 0 saturated carbocycles. The lowest BCUT2D eigenvalue weighted by Gasteiger charge is -2.11. The first-order valence-electron chi connectivity index (χ1n) is 10.6. The number of amides is 4. The van der Waals surface area contributed by atoms with E-state index in [9.17, 15) is 14.4 Å². The van der Waals surface area contributed by atoms with Crippen molar-refractivity contribution in [3.05, 3.63) is 99.7 Å². The summed E-state index contributed by atoms with van der Waals surface area (Å²) >= 11 is 3.44. The highest BCUT2D eigenvalue weighted by atomic mass is 79.9. The number of imide groups is 1. The fourth-order valence-electron chi connectivity index (χ4n) is 3.35. The number of halogens is 1.